The predicted octanol–water partition coefficient (Wildman–Crippen LogP) is 1.73. The molecule has 0 saturated heterocycles. The number of alkyl halides is 1. The zero-order chi connectivity index (χ0) is 12.5. The van der Waals surface area contributed by atoms with Gasteiger partial charge in [-0.2, -0.15) is 4.68 Å². The minimum Gasteiger partial charge on any atom is -0.486 e. The van der Waals surface area contributed by atoms with Crippen molar-refractivity contribution in [1.29, 1.82) is 0 Å². The van der Waals surface area contributed by atoms with E-state index in [9.17, 15) is 0 Å². The molecule has 1 aromatic heterocycles. The lowest BCUT2D eigenvalue weighted by molar-refractivity contribution is 0.171. The fraction of sp³-hybridized carbons (Fsp3) is 0.364. The summed E-state index contributed by atoms with van der Waals surface area (Å²) in [4.78, 5) is 0. The Morgan fingerprint density at radius 2 is 2.06 bits per heavy atom. The number of aromatic nitrogens is 4. The molecule has 0 fully saturated rings. The number of ether oxygens (including phenoxy) is 2. The number of benzene rings is 1. The van der Waals surface area contributed by atoms with Gasteiger partial charge >= 0.3 is 0 Å². The second kappa shape index (κ2) is 4.45. The summed E-state index contributed by atoms with van der Waals surface area (Å²) in [6.07, 6.45) is 0. The van der Waals surface area contributed by atoms with Crippen LogP contribution in [0.5, 0.6) is 11.5 Å². The van der Waals surface area contributed by atoms with Crippen molar-refractivity contribution >= 4 is 11.6 Å². The summed E-state index contributed by atoms with van der Waals surface area (Å²) in [5.74, 6) is 2.02. The van der Waals surface area contributed by atoms with Crippen molar-refractivity contribution in [2.75, 3.05) is 13.2 Å². The molecule has 0 spiro atoms. The number of fused-ring (bicyclic) bond motifs is 1. The third-order valence-corrected chi connectivity index (χ3v) is 2.81. The van der Waals surface area contributed by atoms with Gasteiger partial charge in [-0.15, -0.1) is 16.7 Å². The molecule has 0 saturated carbocycles. The van der Waals surface area contributed by atoms with E-state index in [1.807, 2.05) is 25.1 Å². The normalized spacial score (nSPS) is 15.4. The molecule has 1 aliphatic heterocycles. The monoisotopic (exact) mass is 266 g/mol. The van der Waals surface area contributed by atoms with Gasteiger partial charge in [0.15, 0.2) is 17.3 Å². The van der Waals surface area contributed by atoms with Crippen LogP contribution in [0.4, 0.5) is 0 Å². The third kappa shape index (κ3) is 1.88. The maximum absolute atomic E-state index is 6.02. The summed E-state index contributed by atoms with van der Waals surface area (Å²) in [6.45, 7) is 2.94. The molecule has 0 aliphatic carbocycles. The third-order valence-electron chi connectivity index (χ3n) is 2.62. The van der Waals surface area contributed by atoms with Crippen LogP contribution in [-0.2, 0) is 0 Å². The zero-order valence-electron chi connectivity index (χ0n) is 9.71. The second-order valence-electron chi connectivity index (χ2n) is 3.89. The molecule has 0 amide bonds. The maximum atomic E-state index is 6.02. The van der Waals surface area contributed by atoms with Gasteiger partial charge in [-0.25, -0.2) is 0 Å². The second-order valence-corrected chi connectivity index (χ2v) is 4.55. The predicted molar refractivity (Wildman–Crippen MR) is 64.4 cm³/mol. The molecule has 1 unspecified atom stereocenters. The Kier molecular flexibility index (Phi) is 2.79. The highest BCUT2D eigenvalue weighted by Gasteiger charge is 2.17. The first-order valence-electron chi connectivity index (χ1n) is 5.58. The highest BCUT2D eigenvalue weighted by atomic mass is 35.5. The molecule has 2 aromatic rings. The smallest absolute Gasteiger partial charge is 0.174 e. The first kappa shape index (κ1) is 11.3. The number of halogens is 1. The Balaban J connectivity index is 2.04. The van der Waals surface area contributed by atoms with Crippen LogP contribution in [0.15, 0.2) is 18.2 Å². The van der Waals surface area contributed by atoms with Gasteiger partial charge in [-0.3, -0.25) is 0 Å². The van der Waals surface area contributed by atoms with Gasteiger partial charge in [0.1, 0.15) is 13.2 Å². The Morgan fingerprint density at radius 1 is 1.28 bits per heavy atom. The standard InChI is InChI=1S/C11H11ClN4O2/c1-7(12)11-13-14-15-16(11)8-2-3-9-10(6-8)18-5-4-17-9/h2-3,6-7H,4-5H2,1H3. The lowest BCUT2D eigenvalue weighted by atomic mass is 10.2. The first-order chi connectivity index (χ1) is 8.75. The summed E-state index contributed by atoms with van der Waals surface area (Å²) >= 11 is 6.02. The van der Waals surface area contributed by atoms with Crippen LogP contribution in [0.25, 0.3) is 5.69 Å². The van der Waals surface area contributed by atoms with E-state index in [0.717, 1.165) is 11.4 Å². The van der Waals surface area contributed by atoms with Crippen LogP contribution in [0.1, 0.15) is 18.1 Å². The topological polar surface area (TPSA) is 62.1 Å². The van der Waals surface area contributed by atoms with Gasteiger partial charge in [0.2, 0.25) is 0 Å². The molecule has 0 N–H and O–H groups in total. The average Bonchev–Trinajstić information content (AvgIpc) is 2.87. The quantitative estimate of drug-likeness (QED) is 0.775. The Labute approximate surface area is 108 Å². The van der Waals surface area contributed by atoms with Crippen LogP contribution in [0.2, 0.25) is 0 Å². The van der Waals surface area contributed by atoms with Crippen LogP contribution in [0, 0.1) is 0 Å². The minimum absolute atomic E-state index is 0.270. The highest BCUT2D eigenvalue weighted by Crippen LogP contribution is 2.32. The van der Waals surface area contributed by atoms with Crippen molar-refractivity contribution in [3.8, 4) is 17.2 Å². The molecule has 18 heavy (non-hydrogen) atoms. The van der Waals surface area contributed by atoms with E-state index in [1.165, 1.54) is 0 Å². The highest BCUT2D eigenvalue weighted by molar-refractivity contribution is 6.20. The SMILES string of the molecule is CC(Cl)c1nnnn1-c1ccc2c(c1)OCCO2. The van der Waals surface area contributed by atoms with Gasteiger partial charge < -0.3 is 9.47 Å². The Bertz CT molecular complexity index is 570. The number of tetrazole rings is 1. The fourth-order valence-corrected chi connectivity index (χ4v) is 1.93. The average molecular weight is 267 g/mol. The largest absolute Gasteiger partial charge is 0.486 e. The molecule has 7 heteroatoms. The summed E-state index contributed by atoms with van der Waals surface area (Å²) in [6, 6.07) is 5.55. The van der Waals surface area contributed by atoms with Gasteiger partial charge in [-0.05, 0) is 29.5 Å². The lowest BCUT2D eigenvalue weighted by Gasteiger charge is -2.19. The van der Waals surface area contributed by atoms with E-state index in [2.05, 4.69) is 15.5 Å². The van der Waals surface area contributed by atoms with Crippen LogP contribution in [-0.4, -0.2) is 33.4 Å². The molecule has 0 radical (unpaired) electrons. The van der Waals surface area contributed by atoms with Crippen LogP contribution in [0.3, 0.4) is 0 Å². The maximum Gasteiger partial charge on any atom is 0.174 e. The van der Waals surface area contributed by atoms with E-state index < -0.39 is 0 Å². The van der Waals surface area contributed by atoms with Gasteiger partial charge in [0.05, 0.1) is 11.1 Å². The fourth-order valence-electron chi connectivity index (χ4n) is 1.79. The molecule has 94 valence electrons. The molecule has 1 atom stereocenters. The van der Waals surface area contributed by atoms with Gasteiger partial charge in [0.25, 0.3) is 0 Å². The summed E-state index contributed by atoms with van der Waals surface area (Å²) in [5, 5.41) is 11.2. The van der Waals surface area contributed by atoms with Gasteiger partial charge in [0, 0.05) is 6.07 Å². The number of nitrogens with zero attached hydrogens (tertiary/aromatic N) is 4. The lowest BCUT2D eigenvalue weighted by Crippen LogP contribution is -2.15. The van der Waals surface area contributed by atoms with Crippen molar-refractivity contribution in [2.45, 2.75) is 12.3 Å². The van der Waals surface area contributed by atoms with Crippen molar-refractivity contribution in [1.82, 2.24) is 20.2 Å². The Morgan fingerprint density at radius 3 is 2.83 bits per heavy atom. The molecular formula is C11H11ClN4O2. The Hall–Kier alpha value is -1.82. The van der Waals surface area contributed by atoms with E-state index in [0.29, 0.717) is 24.8 Å². The molecule has 1 aromatic carbocycles. The number of hydrogen-bond donors (Lipinski definition) is 0. The molecule has 1 aliphatic rings. The van der Waals surface area contributed by atoms with Gasteiger partial charge in [-0.1, -0.05) is 0 Å². The summed E-state index contributed by atoms with van der Waals surface area (Å²) < 4.78 is 12.6. The molecule has 6 nitrogen and oxygen atoms in total. The van der Waals surface area contributed by atoms with E-state index >= 15 is 0 Å². The van der Waals surface area contributed by atoms with Crippen molar-refractivity contribution in [3.05, 3.63) is 24.0 Å². The first-order valence-corrected chi connectivity index (χ1v) is 6.02. The van der Waals surface area contributed by atoms with Crippen molar-refractivity contribution in [3.63, 3.8) is 0 Å². The summed E-state index contributed by atoms with van der Waals surface area (Å²) in [7, 11) is 0. The van der Waals surface area contributed by atoms with E-state index in [1.54, 1.807) is 4.68 Å². The van der Waals surface area contributed by atoms with Crippen LogP contribution >= 0.6 is 11.6 Å². The molecule has 0 bridgehead atoms. The van der Waals surface area contributed by atoms with Crippen LogP contribution < -0.4 is 9.47 Å². The molecular weight excluding hydrogens is 256 g/mol. The minimum atomic E-state index is -0.270. The van der Waals surface area contributed by atoms with E-state index in [-0.39, 0.29) is 5.38 Å². The van der Waals surface area contributed by atoms with Crippen molar-refractivity contribution < 1.29 is 9.47 Å². The number of hydrogen-bond acceptors (Lipinski definition) is 5. The summed E-state index contributed by atoms with van der Waals surface area (Å²) in [5.41, 5.74) is 0.798. The van der Waals surface area contributed by atoms with E-state index in [4.69, 9.17) is 21.1 Å². The van der Waals surface area contributed by atoms with Crippen molar-refractivity contribution in [2.24, 2.45) is 0 Å². The molecule has 3 rings (SSSR count). The molecule has 2 heterocycles. The number of rotatable bonds is 2. The zero-order valence-corrected chi connectivity index (χ0v) is 10.5.